The average Bonchev–Trinajstić information content (AvgIpc) is 2.92. The monoisotopic (exact) mass is 284 g/mol. The third kappa shape index (κ3) is 2.48. The summed E-state index contributed by atoms with van der Waals surface area (Å²) in [6.07, 6.45) is 0.942. The molecular weight excluding hydrogens is 264 g/mol. The van der Waals surface area contributed by atoms with Gasteiger partial charge in [-0.3, -0.25) is 4.79 Å². The Hall–Kier alpha value is -1.47. The topological polar surface area (TPSA) is 84.8 Å². The molecule has 2 rings (SSSR count). The molecule has 1 aromatic rings. The van der Waals surface area contributed by atoms with Crippen LogP contribution in [0, 0.1) is 0 Å². The minimum Gasteiger partial charge on any atom is -0.492 e. The zero-order valence-corrected chi connectivity index (χ0v) is 12.3. The first-order valence-electron chi connectivity index (χ1n) is 6.14. The molecule has 1 aliphatic heterocycles. The van der Waals surface area contributed by atoms with Crippen LogP contribution >= 0.6 is 11.3 Å². The van der Waals surface area contributed by atoms with Gasteiger partial charge in [-0.05, 0) is 6.42 Å². The van der Waals surface area contributed by atoms with Gasteiger partial charge in [0, 0.05) is 33.2 Å². The minimum absolute atomic E-state index is 0.101. The van der Waals surface area contributed by atoms with Crippen LogP contribution in [0.5, 0.6) is 5.75 Å². The number of nitrogens with zero attached hydrogens (tertiary/aromatic N) is 2. The molecule has 0 bridgehead atoms. The number of ether oxygens (including phenoxy) is 1. The van der Waals surface area contributed by atoms with Crippen LogP contribution in [0.25, 0.3) is 0 Å². The molecule has 6 nitrogen and oxygen atoms in total. The van der Waals surface area contributed by atoms with Gasteiger partial charge in [0.05, 0.1) is 7.11 Å². The molecule has 19 heavy (non-hydrogen) atoms. The summed E-state index contributed by atoms with van der Waals surface area (Å²) in [6, 6.07) is 0.168. The van der Waals surface area contributed by atoms with Crippen LogP contribution in [-0.2, 0) is 0 Å². The van der Waals surface area contributed by atoms with E-state index in [0.717, 1.165) is 24.5 Å². The Balaban J connectivity index is 2.39. The first-order chi connectivity index (χ1) is 8.95. The molecule has 0 aliphatic carbocycles. The Kier molecular flexibility index (Phi) is 3.86. The molecule has 7 heteroatoms. The second kappa shape index (κ2) is 5.26. The number of carbonyl (C=O) groups excluding carboxylic acids is 1. The number of hydrogen-bond donors (Lipinski definition) is 2. The maximum absolute atomic E-state index is 12.1. The molecule has 0 saturated carbocycles. The Morgan fingerprint density at radius 1 is 1.53 bits per heavy atom. The van der Waals surface area contributed by atoms with Crippen LogP contribution in [0.2, 0.25) is 0 Å². The highest BCUT2D eigenvalue weighted by Crippen LogP contribution is 2.45. The van der Waals surface area contributed by atoms with Crippen LogP contribution in [-0.4, -0.2) is 51.1 Å². The molecule has 0 aromatic carbocycles. The largest absolute Gasteiger partial charge is 0.492 e. The van der Waals surface area contributed by atoms with Gasteiger partial charge in [-0.2, -0.15) is 0 Å². The van der Waals surface area contributed by atoms with Crippen LogP contribution in [0.15, 0.2) is 0 Å². The van der Waals surface area contributed by atoms with Gasteiger partial charge in [-0.25, -0.2) is 0 Å². The van der Waals surface area contributed by atoms with E-state index in [2.05, 4.69) is 4.90 Å². The fourth-order valence-electron chi connectivity index (χ4n) is 2.16. The van der Waals surface area contributed by atoms with Crippen molar-refractivity contribution in [3.05, 3.63) is 4.88 Å². The number of nitrogen functional groups attached to an aromatic ring is 1. The predicted octanol–water partition coefficient (Wildman–Crippen LogP) is 0.578. The smallest absolute Gasteiger partial charge is 0.265 e. The quantitative estimate of drug-likeness (QED) is 0.848. The summed E-state index contributed by atoms with van der Waals surface area (Å²) in [7, 11) is 4.99. The molecule has 2 heterocycles. The lowest BCUT2D eigenvalue weighted by Gasteiger charge is -2.17. The highest BCUT2D eigenvalue weighted by molar-refractivity contribution is 7.19. The summed E-state index contributed by atoms with van der Waals surface area (Å²) >= 11 is 1.38. The molecule has 4 N–H and O–H groups in total. The fourth-order valence-corrected chi connectivity index (χ4v) is 3.40. The Labute approximate surface area is 116 Å². The molecule has 0 radical (unpaired) electrons. The number of rotatable bonds is 3. The Bertz CT molecular complexity index is 486. The summed E-state index contributed by atoms with van der Waals surface area (Å²) in [5.74, 6) is 0.486. The standard InChI is InChI=1S/C12H20N4O2S/c1-15(2)11(17)10-8(14)9(18-3)12(19-10)16-5-4-7(13)6-16/h7H,4-6,13-14H2,1-3H3. The summed E-state index contributed by atoms with van der Waals surface area (Å²) < 4.78 is 5.37. The number of carbonyl (C=O) groups is 1. The van der Waals surface area contributed by atoms with Gasteiger partial charge in [0.25, 0.3) is 5.91 Å². The average molecular weight is 284 g/mol. The first-order valence-corrected chi connectivity index (χ1v) is 6.95. The normalized spacial score (nSPS) is 18.7. The zero-order valence-electron chi connectivity index (χ0n) is 11.5. The van der Waals surface area contributed by atoms with E-state index in [9.17, 15) is 4.79 Å². The summed E-state index contributed by atoms with van der Waals surface area (Å²) in [4.78, 5) is 16.3. The summed E-state index contributed by atoms with van der Waals surface area (Å²) in [6.45, 7) is 1.64. The van der Waals surface area contributed by atoms with E-state index in [1.54, 1.807) is 21.2 Å². The van der Waals surface area contributed by atoms with Gasteiger partial charge < -0.3 is 26.0 Å². The Morgan fingerprint density at radius 2 is 2.21 bits per heavy atom. The number of thiophene rings is 1. The molecule has 1 aromatic heterocycles. The van der Waals surface area contributed by atoms with E-state index in [1.165, 1.54) is 16.2 Å². The van der Waals surface area contributed by atoms with Crippen molar-refractivity contribution in [3.63, 3.8) is 0 Å². The van der Waals surface area contributed by atoms with E-state index in [1.807, 2.05) is 0 Å². The maximum Gasteiger partial charge on any atom is 0.265 e. The number of amides is 1. The van der Waals surface area contributed by atoms with Gasteiger partial charge in [-0.1, -0.05) is 0 Å². The first kappa shape index (κ1) is 14.0. The van der Waals surface area contributed by atoms with E-state index in [4.69, 9.17) is 16.2 Å². The van der Waals surface area contributed by atoms with Crippen molar-refractivity contribution in [2.75, 3.05) is 44.9 Å². The van der Waals surface area contributed by atoms with Crippen LogP contribution in [0.3, 0.4) is 0 Å². The van der Waals surface area contributed by atoms with E-state index in [-0.39, 0.29) is 11.9 Å². The molecule has 1 amide bonds. The van der Waals surface area contributed by atoms with Crippen molar-refractivity contribution in [3.8, 4) is 5.75 Å². The van der Waals surface area contributed by atoms with Crippen molar-refractivity contribution in [2.45, 2.75) is 12.5 Å². The number of nitrogens with two attached hydrogens (primary N) is 2. The van der Waals surface area contributed by atoms with Crippen LogP contribution in [0.4, 0.5) is 10.7 Å². The number of anilines is 2. The van der Waals surface area contributed by atoms with E-state index < -0.39 is 0 Å². The van der Waals surface area contributed by atoms with Crippen molar-refractivity contribution in [1.82, 2.24) is 4.90 Å². The third-order valence-electron chi connectivity index (χ3n) is 3.20. The highest BCUT2D eigenvalue weighted by Gasteiger charge is 2.29. The molecular formula is C12H20N4O2S. The molecule has 1 saturated heterocycles. The van der Waals surface area contributed by atoms with Crippen LogP contribution in [0.1, 0.15) is 16.1 Å². The maximum atomic E-state index is 12.1. The molecule has 106 valence electrons. The lowest BCUT2D eigenvalue weighted by molar-refractivity contribution is 0.0833. The zero-order chi connectivity index (χ0) is 14.2. The summed E-state index contributed by atoms with van der Waals surface area (Å²) in [5.41, 5.74) is 12.4. The molecule has 1 aliphatic rings. The van der Waals surface area contributed by atoms with Gasteiger partial charge in [0.1, 0.15) is 15.6 Å². The highest BCUT2D eigenvalue weighted by atomic mass is 32.1. The van der Waals surface area contributed by atoms with Crippen molar-refractivity contribution in [1.29, 1.82) is 0 Å². The second-order valence-electron chi connectivity index (χ2n) is 4.88. The fraction of sp³-hybridized carbons (Fsp3) is 0.583. The van der Waals surface area contributed by atoms with Gasteiger partial charge in [-0.15, -0.1) is 11.3 Å². The number of hydrogen-bond acceptors (Lipinski definition) is 6. The van der Waals surface area contributed by atoms with E-state index >= 15 is 0 Å². The van der Waals surface area contributed by atoms with E-state index in [0.29, 0.717) is 16.3 Å². The van der Waals surface area contributed by atoms with Gasteiger partial charge >= 0.3 is 0 Å². The minimum atomic E-state index is -0.101. The molecule has 1 unspecified atom stereocenters. The Morgan fingerprint density at radius 3 is 2.68 bits per heavy atom. The summed E-state index contributed by atoms with van der Waals surface area (Å²) in [5, 5.41) is 0.901. The van der Waals surface area contributed by atoms with Crippen molar-refractivity contribution < 1.29 is 9.53 Å². The van der Waals surface area contributed by atoms with Gasteiger partial charge in [0.2, 0.25) is 0 Å². The SMILES string of the molecule is COc1c(N2CCC(N)C2)sc(C(=O)N(C)C)c1N. The number of methoxy groups -OCH3 is 1. The lowest BCUT2D eigenvalue weighted by atomic mass is 10.3. The van der Waals surface area contributed by atoms with Gasteiger partial charge in [0.15, 0.2) is 5.75 Å². The lowest BCUT2D eigenvalue weighted by Crippen LogP contribution is -2.26. The molecule has 0 spiro atoms. The van der Waals surface area contributed by atoms with Crippen molar-refractivity contribution in [2.24, 2.45) is 5.73 Å². The molecule has 1 fully saturated rings. The predicted molar refractivity (Wildman–Crippen MR) is 78.1 cm³/mol. The van der Waals surface area contributed by atoms with Crippen LogP contribution < -0.4 is 21.1 Å². The third-order valence-corrected chi connectivity index (χ3v) is 4.43. The second-order valence-corrected chi connectivity index (χ2v) is 5.88. The van der Waals surface area contributed by atoms with Crippen molar-refractivity contribution >= 4 is 27.9 Å². The molecule has 1 atom stereocenters.